The van der Waals surface area contributed by atoms with Crippen molar-refractivity contribution < 1.29 is 9.53 Å². The van der Waals surface area contributed by atoms with Crippen LogP contribution in [0.25, 0.3) is 22.0 Å². The Morgan fingerprint density at radius 2 is 1.92 bits per heavy atom. The summed E-state index contributed by atoms with van der Waals surface area (Å²) >= 11 is 6.37. The molecule has 3 aromatic rings. The Balaban J connectivity index is 2.50. The Morgan fingerprint density at radius 1 is 1.21 bits per heavy atom. The van der Waals surface area contributed by atoms with Crippen LogP contribution in [-0.4, -0.2) is 18.1 Å². The average molecular weight is 340 g/mol. The molecule has 1 aromatic heterocycles. The van der Waals surface area contributed by atoms with Gasteiger partial charge in [-0.15, -0.1) is 0 Å². The molecule has 2 aromatic carbocycles. The number of nitrogens with zero attached hydrogens (tertiary/aromatic N) is 1. The lowest BCUT2D eigenvalue weighted by atomic mass is 9.93. The van der Waals surface area contributed by atoms with Crippen LogP contribution < -0.4 is 0 Å². The molecule has 24 heavy (non-hydrogen) atoms. The zero-order chi connectivity index (χ0) is 17.3. The molecule has 0 amide bonds. The van der Waals surface area contributed by atoms with E-state index in [0.29, 0.717) is 5.56 Å². The van der Waals surface area contributed by atoms with Gasteiger partial charge in [0.1, 0.15) is 10.7 Å². The summed E-state index contributed by atoms with van der Waals surface area (Å²) in [5.74, 6) is -0.479. The second-order valence-corrected chi connectivity index (χ2v) is 6.03. The van der Waals surface area contributed by atoms with Crippen molar-refractivity contribution in [2.75, 3.05) is 7.11 Å². The van der Waals surface area contributed by atoms with E-state index >= 15 is 0 Å². The fourth-order valence-corrected chi connectivity index (χ4v) is 3.24. The largest absolute Gasteiger partial charge is 0.465 e. The first kappa shape index (κ1) is 16.5. The summed E-state index contributed by atoms with van der Waals surface area (Å²) in [7, 11) is 1.35. The first-order valence-corrected chi connectivity index (χ1v) is 8.21. The van der Waals surface area contributed by atoms with Crippen LogP contribution >= 0.6 is 11.6 Å². The smallest absolute Gasteiger partial charge is 0.341 e. The Morgan fingerprint density at radius 3 is 2.54 bits per heavy atom. The lowest BCUT2D eigenvalue weighted by molar-refractivity contribution is 0.0601. The van der Waals surface area contributed by atoms with Gasteiger partial charge in [-0.2, -0.15) is 0 Å². The van der Waals surface area contributed by atoms with Gasteiger partial charge in [0.05, 0.1) is 12.6 Å². The molecule has 122 valence electrons. The molecule has 0 aliphatic heterocycles. The second-order valence-electron chi connectivity index (χ2n) is 5.67. The van der Waals surface area contributed by atoms with Crippen LogP contribution in [0.5, 0.6) is 0 Å². The van der Waals surface area contributed by atoms with E-state index < -0.39 is 5.97 Å². The molecule has 4 heteroatoms. The highest BCUT2D eigenvalue weighted by atomic mass is 35.5. The number of ether oxygens (including phenoxy) is 1. The molecule has 0 fully saturated rings. The highest BCUT2D eigenvalue weighted by Crippen LogP contribution is 2.37. The number of carbonyl (C=O) groups excluding carboxylic acids is 1. The summed E-state index contributed by atoms with van der Waals surface area (Å²) in [6.07, 6.45) is 0.904. The third kappa shape index (κ3) is 2.76. The summed E-state index contributed by atoms with van der Waals surface area (Å²) in [6, 6.07) is 13.9. The summed E-state index contributed by atoms with van der Waals surface area (Å²) in [5, 5.41) is 1.09. The number of benzene rings is 2. The summed E-state index contributed by atoms with van der Waals surface area (Å²) in [5.41, 5.74) is 5.04. The second kappa shape index (κ2) is 6.62. The lowest BCUT2D eigenvalue weighted by Gasteiger charge is -2.15. The van der Waals surface area contributed by atoms with Crippen LogP contribution in [0.3, 0.4) is 0 Å². The van der Waals surface area contributed by atoms with Crippen LogP contribution in [0.2, 0.25) is 5.15 Å². The third-order valence-electron chi connectivity index (χ3n) is 4.16. The summed E-state index contributed by atoms with van der Waals surface area (Å²) in [6.45, 7) is 4.12. The van der Waals surface area contributed by atoms with Gasteiger partial charge in [0.2, 0.25) is 0 Å². The summed E-state index contributed by atoms with van der Waals surface area (Å²) < 4.78 is 4.95. The van der Waals surface area contributed by atoms with Crippen LogP contribution in [0.1, 0.15) is 28.4 Å². The van der Waals surface area contributed by atoms with E-state index in [0.717, 1.165) is 34.0 Å². The zero-order valence-electron chi connectivity index (χ0n) is 13.9. The molecule has 0 atom stereocenters. The molecular weight excluding hydrogens is 322 g/mol. The van der Waals surface area contributed by atoms with Crippen molar-refractivity contribution in [3.8, 4) is 11.1 Å². The van der Waals surface area contributed by atoms with Gasteiger partial charge in [0.15, 0.2) is 0 Å². The van der Waals surface area contributed by atoms with Crippen LogP contribution in [0.4, 0.5) is 0 Å². The maximum atomic E-state index is 12.4. The van der Waals surface area contributed by atoms with Gasteiger partial charge in [-0.3, -0.25) is 0 Å². The first-order valence-electron chi connectivity index (χ1n) is 7.83. The van der Waals surface area contributed by atoms with Crippen molar-refractivity contribution in [1.82, 2.24) is 4.98 Å². The predicted molar refractivity (Wildman–Crippen MR) is 97.6 cm³/mol. The van der Waals surface area contributed by atoms with Gasteiger partial charge in [-0.1, -0.05) is 54.9 Å². The molecule has 3 rings (SSSR count). The minimum absolute atomic E-state index is 0.167. The van der Waals surface area contributed by atoms with Gasteiger partial charge in [-0.25, -0.2) is 9.78 Å². The number of esters is 1. The number of aromatic nitrogens is 1. The Labute approximate surface area is 146 Å². The van der Waals surface area contributed by atoms with Crippen molar-refractivity contribution in [1.29, 1.82) is 0 Å². The normalized spacial score (nSPS) is 10.8. The molecule has 0 saturated heterocycles. The van der Waals surface area contributed by atoms with Gasteiger partial charge in [0.25, 0.3) is 0 Å². The van der Waals surface area contributed by atoms with E-state index in [1.807, 2.05) is 37.3 Å². The average Bonchev–Trinajstić information content (AvgIpc) is 2.61. The number of aryl methyl sites for hydroxylation is 2. The molecule has 0 unspecified atom stereocenters. The topological polar surface area (TPSA) is 39.2 Å². The Kier molecular flexibility index (Phi) is 4.54. The first-order chi connectivity index (χ1) is 11.6. The molecule has 0 spiro atoms. The van der Waals surface area contributed by atoms with Crippen LogP contribution in [0.15, 0.2) is 42.5 Å². The number of halogens is 1. The highest BCUT2D eigenvalue weighted by Gasteiger charge is 2.23. The molecule has 0 saturated carbocycles. The van der Waals surface area contributed by atoms with Crippen molar-refractivity contribution in [3.05, 3.63) is 64.3 Å². The number of hydrogen-bond donors (Lipinski definition) is 0. The number of methoxy groups -OCH3 is 1. The molecule has 1 heterocycles. The molecule has 0 radical (unpaired) electrons. The molecule has 0 aliphatic carbocycles. The molecule has 0 N–H and O–H groups in total. The van der Waals surface area contributed by atoms with Gasteiger partial charge in [-0.05, 0) is 36.1 Å². The van der Waals surface area contributed by atoms with E-state index in [2.05, 4.69) is 24.0 Å². The Bertz CT molecular complexity index is 920. The fourth-order valence-electron chi connectivity index (χ4n) is 2.98. The zero-order valence-corrected chi connectivity index (χ0v) is 14.6. The molecule has 3 nitrogen and oxygen atoms in total. The van der Waals surface area contributed by atoms with Crippen molar-refractivity contribution >= 4 is 28.5 Å². The number of rotatable bonds is 3. The number of pyridine rings is 1. The van der Waals surface area contributed by atoms with E-state index in [1.54, 1.807) is 0 Å². The van der Waals surface area contributed by atoms with E-state index in [-0.39, 0.29) is 5.15 Å². The number of carbonyl (C=O) groups is 1. The van der Waals surface area contributed by atoms with Gasteiger partial charge in [0, 0.05) is 10.9 Å². The highest BCUT2D eigenvalue weighted by molar-refractivity contribution is 6.34. The Hall–Kier alpha value is -2.39. The quantitative estimate of drug-likeness (QED) is 0.485. The summed E-state index contributed by atoms with van der Waals surface area (Å²) in [4.78, 5) is 16.8. The van der Waals surface area contributed by atoms with Crippen LogP contribution in [-0.2, 0) is 11.2 Å². The monoisotopic (exact) mass is 339 g/mol. The van der Waals surface area contributed by atoms with E-state index in [4.69, 9.17) is 16.3 Å². The molecular formula is C20H18ClNO2. The standard InChI is InChI=1S/C20H18ClNO2/c1-4-13-10-12(2)18-15(11-13)16(14-8-6-5-7-9-14)17(19(21)22-18)20(23)24-3/h5-11H,4H2,1-3H3. The minimum atomic E-state index is -0.479. The number of hydrogen-bond acceptors (Lipinski definition) is 3. The van der Waals surface area contributed by atoms with Crippen molar-refractivity contribution in [2.24, 2.45) is 0 Å². The van der Waals surface area contributed by atoms with Crippen molar-refractivity contribution in [3.63, 3.8) is 0 Å². The van der Waals surface area contributed by atoms with Crippen LogP contribution in [0, 0.1) is 6.92 Å². The lowest BCUT2D eigenvalue weighted by Crippen LogP contribution is -2.07. The fraction of sp³-hybridized carbons (Fsp3) is 0.200. The van der Waals surface area contributed by atoms with Gasteiger partial charge >= 0.3 is 5.97 Å². The minimum Gasteiger partial charge on any atom is -0.465 e. The predicted octanol–water partition coefficient (Wildman–Crippen LogP) is 5.21. The maximum absolute atomic E-state index is 12.4. The maximum Gasteiger partial charge on any atom is 0.341 e. The molecule has 0 aliphatic rings. The van der Waals surface area contributed by atoms with E-state index in [9.17, 15) is 4.79 Å². The number of fused-ring (bicyclic) bond motifs is 1. The van der Waals surface area contributed by atoms with Crippen molar-refractivity contribution in [2.45, 2.75) is 20.3 Å². The SMILES string of the molecule is CCc1cc(C)c2nc(Cl)c(C(=O)OC)c(-c3ccccc3)c2c1. The van der Waals surface area contributed by atoms with E-state index in [1.165, 1.54) is 12.7 Å². The van der Waals surface area contributed by atoms with Gasteiger partial charge < -0.3 is 4.74 Å². The third-order valence-corrected chi connectivity index (χ3v) is 4.43. The molecule has 0 bridgehead atoms.